The minimum absolute atomic E-state index is 0.168. The van der Waals surface area contributed by atoms with Crippen LogP contribution in [0.25, 0.3) is 0 Å². The average Bonchev–Trinajstić information content (AvgIpc) is 3.14. The van der Waals surface area contributed by atoms with Crippen LogP contribution in [0, 0.1) is 29.1 Å². The molecule has 2 saturated carbocycles. The molecular formula is C37H47NO12. The standard InChI is InChI=1S/C37H47NO12/c1-3-32(39)45-19-5-7-21-47-34(41)25-9-13-27(14-10-25)36(43)49-30-17-18-31(29(23-30)24-38)50-37(44)28-15-11-26(12-16-28)35(42)48-22-8-6-20-46-33(40)4-2/h3-4,17-18,23-28,38H,1-2,5-16,19-22H2. The number of hydrogen-bond donors (Lipinski definition) is 1. The summed E-state index contributed by atoms with van der Waals surface area (Å²) in [5, 5.41) is 7.81. The highest BCUT2D eigenvalue weighted by Gasteiger charge is 2.33. The molecule has 1 aromatic carbocycles. The van der Waals surface area contributed by atoms with Crippen molar-refractivity contribution in [2.24, 2.45) is 23.7 Å². The van der Waals surface area contributed by atoms with Crippen molar-refractivity contribution < 1.29 is 57.2 Å². The van der Waals surface area contributed by atoms with Crippen molar-refractivity contribution in [3.8, 4) is 11.5 Å². The maximum Gasteiger partial charge on any atom is 0.330 e. The van der Waals surface area contributed by atoms with Crippen LogP contribution >= 0.6 is 0 Å². The van der Waals surface area contributed by atoms with Gasteiger partial charge in [0.1, 0.15) is 11.5 Å². The maximum absolute atomic E-state index is 12.9. The van der Waals surface area contributed by atoms with Crippen LogP contribution in [0.5, 0.6) is 11.5 Å². The van der Waals surface area contributed by atoms with E-state index in [1.54, 1.807) is 0 Å². The number of carbonyl (C=O) groups excluding carboxylic acids is 6. The smallest absolute Gasteiger partial charge is 0.330 e. The Hall–Kier alpha value is -4.81. The Balaban J connectivity index is 1.36. The second kappa shape index (κ2) is 21.3. The van der Waals surface area contributed by atoms with E-state index < -0.39 is 29.8 Å². The number of carbonyl (C=O) groups is 6. The largest absolute Gasteiger partial charge is 0.465 e. The first-order valence-corrected chi connectivity index (χ1v) is 17.1. The Morgan fingerprint density at radius 2 is 0.960 bits per heavy atom. The minimum Gasteiger partial charge on any atom is -0.465 e. The van der Waals surface area contributed by atoms with Crippen LogP contribution in [0.4, 0.5) is 0 Å². The summed E-state index contributed by atoms with van der Waals surface area (Å²) in [6, 6.07) is 4.45. The normalized spacial score (nSPS) is 19.9. The number of nitrogens with one attached hydrogen (secondary N) is 1. The van der Waals surface area contributed by atoms with E-state index in [4.69, 9.17) is 33.8 Å². The zero-order valence-electron chi connectivity index (χ0n) is 28.4. The summed E-state index contributed by atoms with van der Waals surface area (Å²) in [6.45, 7) is 7.57. The van der Waals surface area contributed by atoms with Crippen LogP contribution in [-0.4, -0.2) is 68.5 Å². The summed E-state index contributed by atoms with van der Waals surface area (Å²) in [5.41, 5.74) is 0.269. The van der Waals surface area contributed by atoms with Gasteiger partial charge >= 0.3 is 35.8 Å². The zero-order chi connectivity index (χ0) is 36.3. The van der Waals surface area contributed by atoms with E-state index in [1.807, 2.05) is 0 Å². The molecule has 2 fully saturated rings. The van der Waals surface area contributed by atoms with Crippen LogP contribution in [0.1, 0.15) is 82.6 Å². The van der Waals surface area contributed by atoms with Gasteiger partial charge < -0.3 is 33.8 Å². The molecule has 0 aromatic heterocycles. The van der Waals surface area contributed by atoms with Gasteiger partial charge in [-0.05, 0) is 95.2 Å². The molecule has 2 aliphatic carbocycles. The van der Waals surface area contributed by atoms with Crippen molar-refractivity contribution in [1.82, 2.24) is 0 Å². The zero-order valence-corrected chi connectivity index (χ0v) is 28.4. The molecule has 0 spiro atoms. The lowest BCUT2D eigenvalue weighted by atomic mass is 9.82. The van der Waals surface area contributed by atoms with Gasteiger partial charge in [-0.1, -0.05) is 13.2 Å². The lowest BCUT2D eigenvalue weighted by Gasteiger charge is -2.26. The maximum atomic E-state index is 12.9. The van der Waals surface area contributed by atoms with E-state index in [0.29, 0.717) is 77.0 Å². The number of esters is 6. The van der Waals surface area contributed by atoms with Crippen LogP contribution in [0.15, 0.2) is 43.5 Å². The molecular weight excluding hydrogens is 650 g/mol. The van der Waals surface area contributed by atoms with Crippen molar-refractivity contribution in [2.75, 3.05) is 26.4 Å². The number of ether oxygens (including phenoxy) is 6. The predicted molar refractivity (Wildman–Crippen MR) is 179 cm³/mol. The molecule has 272 valence electrons. The molecule has 3 rings (SSSR count). The summed E-state index contributed by atoms with van der Waals surface area (Å²) in [5.74, 6) is -3.48. The third kappa shape index (κ3) is 13.2. The fourth-order valence-corrected chi connectivity index (χ4v) is 5.77. The van der Waals surface area contributed by atoms with E-state index >= 15 is 0 Å². The van der Waals surface area contributed by atoms with Crippen molar-refractivity contribution in [3.05, 3.63) is 49.1 Å². The topological polar surface area (TPSA) is 182 Å². The van der Waals surface area contributed by atoms with Crippen LogP contribution in [0.3, 0.4) is 0 Å². The van der Waals surface area contributed by atoms with Crippen molar-refractivity contribution in [3.63, 3.8) is 0 Å². The molecule has 0 saturated heterocycles. The van der Waals surface area contributed by atoms with Crippen molar-refractivity contribution in [2.45, 2.75) is 77.0 Å². The molecule has 13 nitrogen and oxygen atoms in total. The van der Waals surface area contributed by atoms with Crippen molar-refractivity contribution >= 4 is 42.0 Å². The van der Waals surface area contributed by atoms with Crippen molar-refractivity contribution in [1.29, 1.82) is 5.41 Å². The first-order valence-electron chi connectivity index (χ1n) is 17.1. The van der Waals surface area contributed by atoms with Gasteiger partial charge in [0.2, 0.25) is 0 Å². The monoisotopic (exact) mass is 697 g/mol. The second-order valence-corrected chi connectivity index (χ2v) is 12.3. The number of benzene rings is 1. The van der Waals surface area contributed by atoms with Gasteiger partial charge in [0.05, 0.1) is 50.1 Å². The number of rotatable bonds is 19. The Morgan fingerprint density at radius 3 is 1.36 bits per heavy atom. The van der Waals surface area contributed by atoms with Crippen LogP contribution < -0.4 is 9.47 Å². The van der Waals surface area contributed by atoms with E-state index in [1.165, 1.54) is 18.2 Å². The SMILES string of the molecule is C=CC(=O)OCCCCOC(=O)C1CCC(C(=O)Oc2ccc(OC(=O)C3CCC(C(=O)OCCCCOC(=O)C=C)CC3)c(C=N)c2)CC1. The van der Waals surface area contributed by atoms with Gasteiger partial charge in [-0.25, -0.2) is 9.59 Å². The van der Waals surface area contributed by atoms with Gasteiger partial charge in [-0.2, -0.15) is 0 Å². The van der Waals surface area contributed by atoms with E-state index in [-0.39, 0.29) is 73.2 Å². The van der Waals surface area contributed by atoms with Gasteiger partial charge in [-0.3, -0.25) is 19.2 Å². The van der Waals surface area contributed by atoms with Gasteiger partial charge in [-0.15, -0.1) is 0 Å². The van der Waals surface area contributed by atoms with E-state index in [0.717, 1.165) is 18.4 Å². The van der Waals surface area contributed by atoms with E-state index in [2.05, 4.69) is 13.2 Å². The fraction of sp³-hybridized carbons (Fsp3) is 0.541. The molecule has 0 radical (unpaired) electrons. The highest BCUT2D eigenvalue weighted by atomic mass is 16.6. The van der Waals surface area contributed by atoms with Crippen LogP contribution in [0.2, 0.25) is 0 Å². The Bertz CT molecular complexity index is 1370. The molecule has 0 amide bonds. The summed E-state index contributed by atoms with van der Waals surface area (Å²) < 4.78 is 31.7. The van der Waals surface area contributed by atoms with Gasteiger partial charge in [0.25, 0.3) is 0 Å². The minimum atomic E-state index is -0.491. The highest BCUT2D eigenvalue weighted by molar-refractivity contribution is 5.86. The average molecular weight is 698 g/mol. The summed E-state index contributed by atoms with van der Waals surface area (Å²) in [7, 11) is 0. The molecule has 1 N–H and O–H groups in total. The Morgan fingerprint density at radius 1 is 0.580 bits per heavy atom. The van der Waals surface area contributed by atoms with E-state index in [9.17, 15) is 28.8 Å². The van der Waals surface area contributed by atoms with Gasteiger partial charge in [0, 0.05) is 23.9 Å². The molecule has 2 aliphatic rings. The second-order valence-electron chi connectivity index (χ2n) is 12.3. The molecule has 50 heavy (non-hydrogen) atoms. The number of hydrogen-bond acceptors (Lipinski definition) is 13. The molecule has 0 aliphatic heterocycles. The van der Waals surface area contributed by atoms with Crippen LogP contribution in [-0.2, 0) is 47.7 Å². The molecule has 0 bridgehead atoms. The summed E-state index contributed by atoms with van der Waals surface area (Å²) in [6.07, 6.45) is 9.28. The van der Waals surface area contributed by atoms with Gasteiger partial charge in [0.15, 0.2) is 0 Å². The quantitative estimate of drug-likeness (QED) is 0.0498. The predicted octanol–water partition coefficient (Wildman–Crippen LogP) is 5.21. The molecule has 1 aromatic rings. The first-order chi connectivity index (χ1) is 24.1. The molecule has 0 heterocycles. The highest BCUT2D eigenvalue weighted by Crippen LogP contribution is 2.33. The molecule has 0 atom stereocenters. The molecule has 0 unspecified atom stereocenters. The Kier molecular flexibility index (Phi) is 16.9. The third-order valence-corrected chi connectivity index (χ3v) is 8.74. The summed E-state index contributed by atoms with van der Waals surface area (Å²) >= 11 is 0. The third-order valence-electron chi connectivity index (χ3n) is 8.74. The fourth-order valence-electron chi connectivity index (χ4n) is 5.77. The molecule has 13 heteroatoms. The first kappa shape index (κ1) is 39.6. The Labute approximate surface area is 292 Å². The summed E-state index contributed by atoms with van der Waals surface area (Å²) in [4.78, 5) is 72.8. The lowest BCUT2D eigenvalue weighted by molar-refractivity contribution is -0.152. The number of unbranched alkanes of at least 4 members (excludes halogenated alkanes) is 2. The lowest BCUT2D eigenvalue weighted by Crippen LogP contribution is -2.30.